The molecule has 1 rings (SSSR count). The van der Waals surface area contributed by atoms with Crippen molar-refractivity contribution in [3.8, 4) is 0 Å². The summed E-state index contributed by atoms with van der Waals surface area (Å²) in [5.41, 5.74) is 1.09. The summed E-state index contributed by atoms with van der Waals surface area (Å²) < 4.78 is 0. The zero-order chi connectivity index (χ0) is 14.6. The van der Waals surface area contributed by atoms with Gasteiger partial charge in [-0.05, 0) is 30.9 Å². The Balaban J connectivity index is 2.84. The zero-order valence-electron chi connectivity index (χ0n) is 11.8. The molecule has 1 amide bonds. The molecule has 0 aromatic carbocycles. The summed E-state index contributed by atoms with van der Waals surface area (Å²) in [6.07, 6.45) is 1.60. The first-order valence-electron chi connectivity index (χ1n) is 6.53. The second-order valence-corrected chi connectivity index (χ2v) is 5.88. The predicted octanol–water partition coefficient (Wildman–Crippen LogP) is 2.85. The predicted molar refractivity (Wildman–Crippen MR) is 76.8 cm³/mol. The van der Waals surface area contributed by atoms with Crippen LogP contribution < -0.4 is 5.32 Å². The van der Waals surface area contributed by atoms with Crippen LogP contribution in [0.5, 0.6) is 0 Å². The number of thiophene rings is 1. The molecule has 2 N–H and O–H groups in total. The normalized spacial score (nSPS) is 13.9. The summed E-state index contributed by atoms with van der Waals surface area (Å²) in [5, 5.41) is 11.8. The Morgan fingerprint density at radius 1 is 1.42 bits per heavy atom. The van der Waals surface area contributed by atoms with E-state index in [1.807, 2.05) is 33.8 Å². The first kappa shape index (κ1) is 15.7. The molecule has 19 heavy (non-hydrogen) atoms. The molecule has 0 spiro atoms. The topological polar surface area (TPSA) is 66.4 Å². The van der Waals surface area contributed by atoms with Crippen LogP contribution in [-0.4, -0.2) is 23.0 Å². The van der Waals surface area contributed by atoms with Crippen LogP contribution >= 0.6 is 11.3 Å². The summed E-state index contributed by atoms with van der Waals surface area (Å²) in [4.78, 5) is 25.0. The summed E-state index contributed by atoms with van der Waals surface area (Å²) in [5.74, 6) is -1.36. The van der Waals surface area contributed by atoms with Crippen LogP contribution in [0.3, 0.4) is 0 Å². The number of carboxylic acid groups (broad SMARTS) is 1. The first-order valence-corrected chi connectivity index (χ1v) is 7.35. The number of carboxylic acids is 1. The maximum Gasteiger partial charge on any atom is 0.326 e. The van der Waals surface area contributed by atoms with Crippen LogP contribution in [-0.2, 0) is 11.2 Å². The molecule has 0 saturated heterocycles. The number of hydrogen-bond acceptors (Lipinski definition) is 3. The number of nitrogens with one attached hydrogen (secondary N) is 1. The maximum atomic E-state index is 12.1. The molecule has 1 aromatic heterocycles. The number of carbonyl (C=O) groups excluding carboxylic acids is 1. The van der Waals surface area contributed by atoms with E-state index in [2.05, 4.69) is 5.32 Å². The largest absolute Gasteiger partial charge is 0.480 e. The Morgan fingerprint density at radius 2 is 2.05 bits per heavy atom. The molecule has 2 atom stereocenters. The molecule has 5 heteroatoms. The molecule has 0 aliphatic rings. The highest BCUT2D eigenvalue weighted by Gasteiger charge is 2.26. The molecule has 1 heterocycles. The lowest BCUT2D eigenvalue weighted by Crippen LogP contribution is -2.44. The number of rotatable bonds is 6. The zero-order valence-corrected chi connectivity index (χ0v) is 12.6. The van der Waals surface area contributed by atoms with Gasteiger partial charge in [0.25, 0.3) is 5.91 Å². The number of aryl methyl sites for hydroxylation is 2. The van der Waals surface area contributed by atoms with Crippen molar-refractivity contribution in [3.63, 3.8) is 0 Å². The molecule has 0 bridgehead atoms. The minimum Gasteiger partial charge on any atom is -0.480 e. The van der Waals surface area contributed by atoms with E-state index in [0.717, 1.165) is 12.0 Å². The smallest absolute Gasteiger partial charge is 0.326 e. The van der Waals surface area contributed by atoms with Gasteiger partial charge in [-0.25, -0.2) is 4.79 Å². The van der Waals surface area contributed by atoms with Gasteiger partial charge in [0.2, 0.25) is 0 Å². The second-order valence-electron chi connectivity index (χ2n) is 4.75. The minimum atomic E-state index is -0.980. The van der Waals surface area contributed by atoms with Gasteiger partial charge in [-0.3, -0.25) is 4.79 Å². The molecule has 1 aromatic rings. The van der Waals surface area contributed by atoms with E-state index in [1.54, 1.807) is 0 Å². The van der Waals surface area contributed by atoms with Gasteiger partial charge in [-0.15, -0.1) is 11.3 Å². The summed E-state index contributed by atoms with van der Waals surface area (Å²) >= 11 is 1.44. The number of aliphatic carboxylic acids is 1. The highest BCUT2D eigenvalue weighted by molar-refractivity contribution is 7.14. The average molecular weight is 283 g/mol. The van der Waals surface area contributed by atoms with Crippen LogP contribution in [0.15, 0.2) is 6.07 Å². The summed E-state index contributed by atoms with van der Waals surface area (Å²) in [6, 6.07) is 0.999. The van der Waals surface area contributed by atoms with Crippen LogP contribution in [0.25, 0.3) is 0 Å². The molecule has 0 saturated carbocycles. The molecular weight excluding hydrogens is 262 g/mol. The number of hydrogen-bond donors (Lipinski definition) is 2. The third-order valence-electron chi connectivity index (χ3n) is 3.33. The quantitative estimate of drug-likeness (QED) is 0.843. The Hall–Kier alpha value is -1.36. The Bertz CT molecular complexity index is 467. The Labute approximate surface area is 117 Å². The molecule has 1 unspecified atom stereocenters. The van der Waals surface area contributed by atoms with E-state index in [-0.39, 0.29) is 11.8 Å². The van der Waals surface area contributed by atoms with Crippen molar-refractivity contribution in [2.45, 2.75) is 46.6 Å². The molecule has 4 nitrogen and oxygen atoms in total. The first-order chi connectivity index (χ1) is 8.90. The minimum absolute atomic E-state index is 0.0897. The van der Waals surface area contributed by atoms with Gasteiger partial charge in [0, 0.05) is 4.88 Å². The maximum absolute atomic E-state index is 12.1. The lowest BCUT2D eigenvalue weighted by molar-refractivity contribution is -0.140. The highest BCUT2D eigenvalue weighted by Crippen LogP contribution is 2.22. The van der Waals surface area contributed by atoms with Gasteiger partial charge in [-0.2, -0.15) is 0 Å². The molecule has 106 valence electrons. The van der Waals surface area contributed by atoms with Crippen molar-refractivity contribution in [2.24, 2.45) is 5.92 Å². The fourth-order valence-electron chi connectivity index (χ4n) is 1.88. The number of carbonyl (C=O) groups is 2. The van der Waals surface area contributed by atoms with Gasteiger partial charge in [0.15, 0.2) is 0 Å². The van der Waals surface area contributed by atoms with E-state index < -0.39 is 12.0 Å². The van der Waals surface area contributed by atoms with Crippen molar-refractivity contribution >= 4 is 23.2 Å². The highest BCUT2D eigenvalue weighted by atomic mass is 32.1. The molecule has 0 aliphatic carbocycles. The van der Waals surface area contributed by atoms with Crippen molar-refractivity contribution < 1.29 is 14.7 Å². The Kier molecular flexibility index (Phi) is 5.54. The van der Waals surface area contributed by atoms with E-state index in [1.165, 1.54) is 16.2 Å². The third kappa shape index (κ3) is 3.80. The molecule has 0 fully saturated rings. The lowest BCUT2D eigenvalue weighted by Gasteiger charge is -2.19. The van der Waals surface area contributed by atoms with E-state index in [0.29, 0.717) is 11.3 Å². The van der Waals surface area contributed by atoms with E-state index in [4.69, 9.17) is 5.11 Å². The van der Waals surface area contributed by atoms with Crippen LogP contribution in [0.1, 0.15) is 47.3 Å². The lowest BCUT2D eigenvalue weighted by atomic mass is 9.99. The van der Waals surface area contributed by atoms with Crippen molar-refractivity contribution in [1.82, 2.24) is 5.32 Å². The van der Waals surface area contributed by atoms with Crippen LogP contribution in [0.2, 0.25) is 0 Å². The van der Waals surface area contributed by atoms with Crippen molar-refractivity contribution in [3.05, 3.63) is 21.4 Å². The second kappa shape index (κ2) is 6.70. The fourth-order valence-corrected chi connectivity index (χ4v) is 2.90. The SMILES string of the molecule is CCc1sc(C(=O)N[C@H](C(=O)O)C(C)CC)cc1C. The standard InChI is InChI=1S/C14H21NO3S/c1-5-8(3)12(14(17)18)15-13(16)11-7-9(4)10(6-2)19-11/h7-8,12H,5-6H2,1-4H3,(H,15,16)(H,17,18)/t8?,12-/m0/s1. The molecule has 0 radical (unpaired) electrons. The fraction of sp³-hybridized carbons (Fsp3) is 0.571. The number of amides is 1. The van der Waals surface area contributed by atoms with Gasteiger partial charge in [0.05, 0.1) is 4.88 Å². The Morgan fingerprint density at radius 3 is 2.47 bits per heavy atom. The summed E-state index contributed by atoms with van der Waals surface area (Å²) in [6.45, 7) is 7.75. The van der Waals surface area contributed by atoms with Crippen LogP contribution in [0.4, 0.5) is 0 Å². The van der Waals surface area contributed by atoms with Gasteiger partial charge in [0.1, 0.15) is 6.04 Å². The average Bonchev–Trinajstić information content (AvgIpc) is 2.75. The molecule has 0 aliphatic heterocycles. The van der Waals surface area contributed by atoms with E-state index >= 15 is 0 Å². The van der Waals surface area contributed by atoms with Gasteiger partial charge < -0.3 is 10.4 Å². The van der Waals surface area contributed by atoms with Gasteiger partial charge >= 0.3 is 5.97 Å². The monoisotopic (exact) mass is 283 g/mol. The summed E-state index contributed by atoms with van der Waals surface area (Å²) in [7, 11) is 0. The van der Waals surface area contributed by atoms with Gasteiger partial charge in [-0.1, -0.05) is 27.2 Å². The van der Waals surface area contributed by atoms with Crippen molar-refractivity contribution in [1.29, 1.82) is 0 Å². The third-order valence-corrected chi connectivity index (χ3v) is 4.71. The van der Waals surface area contributed by atoms with Crippen LogP contribution in [0, 0.1) is 12.8 Å². The van der Waals surface area contributed by atoms with E-state index in [9.17, 15) is 9.59 Å². The molecular formula is C14H21NO3S. The van der Waals surface area contributed by atoms with Crippen molar-refractivity contribution in [2.75, 3.05) is 0 Å².